The third-order valence-electron chi connectivity index (χ3n) is 4.72. The number of fused-ring (bicyclic) bond motifs is 1. The number of hydrogen-bond acceptors (Lipinski definition) is 5. The molecule has 0 unspecified atom stereocenters. The van der Waals surface area contributed by atoms with Crippen LogP contribution in [-0.2, 0) is 11.2 Å². The second-order valence-electron chi connectivity index (χ2n) is 6.63. The third kappa shape index (κ3) is 3.15. The zero-order chi connectivity index (χ0) is 16.6. The van der Waals surface area contributed by atoms with Gasteiger partial charge in [0.15, 0.2) is 5.78 Å². The molecule has 1 aliphatic heterocycles. The molecule has 1 aliphatic carbocycles. The first-order valence-corrected chi connectivity index (χ1v) is 7.85. The van der Waals surface area contributed by atoms with E-state index in [1.807, 2.05) is 6.07 Å². The minimum Gasteiger partial charge on any atom is -0.535 e. The molecule has 1 heterocycles. The Balaban J connectivity index is 1.72. The van der Waals surface area contributed by atoms with Gasteiger partial charge in [0, 0.05) is 18.7 Å². The molecule has 1 fully saturated rings. The maximum Gasteiger partial charge on any atom is 0.526 e. The summed E-state index contributed by atoms with van der Waals surface area (Å²) in [6, 6.07) is 7.52. The molecule has 0 amide bonds. The molecule has 1 N–H and O–H groups in total. The molecular weight excluding hydrogens is 293 g/mol. The minimum absolute atomic E-state index is 0.0112. The molecule has 1 atom stereocenters. The van der Waals surface area contributed by atoms with E-state index in [4.69, 9.17) is 9.92 Å². The second-order valence-corrected chi connectivity index (χ2v) is 6.63. The third-order valence-corrected chi connectivity index (χ3v) is 4.72. The lowest BCUT2D eigenvalue weighted by atomic mass is 9.64. The highest BCUT2D eigenvalue weighted by molar-refractivity contribution is 6.47. The van der Waals surface area contributed by atoms with Crippen LogP contribution in [0.2, 0.25) is 5.82 Å². The molecule has 3 rings (SSSR count). The monoisotopic (exact) mass is 311 g/mol. The van der Waals surface area contributed by atoms with E-state index in [0.29, 0.717) is 17.7 Å². The molecule has 1 saturated carbocycles. The SMILES string of the molecule is CC(=O)c1cccc2c1OB(O)[C@@H](CC(=O)CC1(C#N)CC1)C2. The largest absolute Gasteiger partial charge is 0.535 e. The summed E-state index contributed by atoms with van der Waals surface area (Å²) in [6.07, 6.45) is 2.50. The lowest BCUT2D eigenvalue weighted by Gasteiger charge is -2.28. The van der Waals surface area contributed by atoms with Crippen LogP contribution in [0.25, 0.3) is 0 Å². The molecule has 23 heavy (non-hydrogen) atoms. The van der Waals surface area contributed by atoms with Crippen molar-refractivity contribution >= 4 is 18.7 Å². The van der Waals surface area contributed by atoms with E-state index >= 15 is 0 Å². The number of nitrogens with zero attached hydrogens (tertiary/aromatic N) is 1. The Morgan fingerprint density at radius 1 is 1.48 bits per heavy atom. The molecule has 0 saturated heterocycles. The predicted molar refractivity (Wildman–Crippen MR) is 84.0 cm³/mol. The summed E-state index contributed by atoms with van der Waals surface area (Å²) in [7, 11) is -1.11. The van der Waals surface area contributed by atoms with Crippen molar-refractivity contribution in [3.05, 3.63) is 29.3 Å². The number of carbonyl (C=O) groups is 2. The molecule has 5 nitrogen and oxygen atoms in total. The van der Waals surface area contributed by atoms with Gasteiger partial charge in [-0.1, -0.05) is 12.1 Å². The van der Waals surface area contributed by atoms with Gasteiger partial charge in [0.1, 0.15) is 11.5 Å². The standard InChI is InChI=1S/C17H18BNO4/c1-11(20)15-4-2-3-12-7-13(18(22)23-16(12)15)8-14(21)9-17(10-19)5-6-17/h2-4,13,22H,5-9H2,1H3/t13-/m1/s1. The van der Waals surface area contributed by atoms with Crippen molar-refractivity contribution in [1.29, 1.82) is 5.26 Å². The maximum atomic E-state index is 12.2. The van der Waals surface area contributed by atoms with Gasteiger partial charge in [0.2, 0.25) is 0 Å². The van der Waals surface area contributed by atoms with E-state index < -0.39 is 12.5 Å². The molecule has 0 aromatic heterocycles. The fourth-order valence-electron chi connectivity index (χ4n) is 3.16. The van der Waals surface area contributed by atoms with Gasteiger partial charge in [0.05, 0.1) is 17.0 Å². The summed E-state index contributed by atoms with van der Waals surface area (Å²) in [5.74, 6) is -0.0465. The van der Waals surface area contributed by atoms with Gasteiger partial charge in [-0.3, -0.25) is 9.59 Å². The maximum absolute atomic E-state index is 12.2. The molecule has 0 spiro atoms. The number of hydrogen-bond donors (Lipinski definition) is 1. The zero-order valence-electron chi connectivity index (χ0n) is 13.0. The van der Waals surface area contributed by atoms with Gasteiger partial charge < -0.3 is 9.68 Å². The lowest BCUT2D eigenvalue weighted by molar-refractivity contribution is -0.120. The van der Waals surface area contributed by atoms with Crippen LogP contribution in [0.1, 0.15) is 48.5 Å². The van der Waals surface area contributed by atoms with E-state index in [2.05, 4.69) is 6.07 Å². The Labute approximate surface area is 135 Å². The Morgan fingerprint density at radius 3 is 2.83 bits per heavy atom. The summed E-state index contributed by atoms with van der Waals surface area (Å²) in [5.41, 5.74) is 0.826. The number of Topliss-reactive ketones (excluding diaryl/α,β-unsaturated/α-hetero) is 2. The fourth-order valence-corrected chi connectivity index (χ4v) is 3.16. The van der Waals surface area contributed by atoms with Crippen LogP contribution < -0.4 is 4.65 Å². The molecule has 0 bridgehead atoms. The van der Waals surface area contributed by atoms with Crippen LogP contribution in [0.5, 0.6) is 5.75 Å². The van der Waals surface area contributed by atoms with Crippen molar-refractivity contribution in [3.63, 3.8) is 0 Å². The first-order valence-electron chi connectivity index (χ1n) is 7.85. The average Bonchev–Trinajstić information content (AvgIpc) is 3.27. The zero-order valence-corrected chi connectivity index (χ0v) is 13.0. The number of ketones is 2. The van der Waals surface area contributed by atoms with Crippen LogP contribution in [0.3, 0.4) is 0 Å². The fraction of sp³-hybridized carbons (Fsp3) is 0.471. The van der Waals surface area contributed by atoms with Gasteiger partial charge in [-0.15, -0.1) is 0 Å². The average molecular weight is 311 g/mol. The predicted octanol–water partition coefficient (Wildman–Crippen LogP) is 2.33. The number of para-hydroxylation sites is 1. The first kappa shape index (κ1) is 15.8. The van der Waals surface area contributed by atoms with Crippen molar-refractivity contribution in [2.75, 3.05) is 0 Å². The van der Waals surface area contributed by atoms with Crippen LogP contribution in [0.4, 0.5) is 0 Å². The van der Waals surface area contributed by atoms with Crippen LogP contribution >= 0.6 is 0 Å². The smallest absolute Gasteiger partial charge is 0.526 e. The molecule has 1 aromatic carbocycles. The van der Waals surface area contributed by atoms with Crippen molar-refractivity contribution in [2.24, 2.45) is 5.41 Å². The second kappa shape index (κ2) is 5.82. The summed E-state index contributed by atoms with van der Waals surface area (Å²) in [6.45, 7) is 1.46. The van der Waals surface area contributed by atoms with Gasteiger partial charge >= 0.3 is 7.12 Å². The quantitative estimate of drug-likeness (QED) is 0.666. The van der Waals surface area contributed by atoms with Crippen molar-refractivity contribution < 1.29 is 19.3 Å². The number of carbonyl (C=O) groups excluding carboxylic acids is 2. The summed E-state index contributed by atoms with van der Waals surface area (Å²) < 4.78 is 5.53. The molecule has 2 aliphatic rings. The van der Waals surface area contributed by atoms with Crippen LogP contribution in [0, 0.1) is 16.7 Å². The van der Waals surface area contributed by atoms with E-state index in [1.54, 1.807) is 12.1 Å². The number of nitriles is 1. The topological polar surface area (TPSA) is 87.4 Å². The van der Waals surface area contributed by atoms with Gasteiger partial charge in [-0.2, -0.15) is 5.26 Å². The molecule has 1 aromatic rings. The summed E-state index contributed by atoms with van der Waals surface area (Å²) in [4.78, 5) is 23.8. The van der Waals surface area contributed by atoms with Gasteiger partial charge in [0.25, 0.3) is 0 Å². The van der Waals surface area contributed by atoms with Crippen molar-refractivity contribution in [3.8, 4) is 11.8 Å². The van der Waals surface area contributed by atoms with E-state index in [1.165, 1.54) is 6.92 Å². The van der Waals surface area contributed by atoms with E-state index in [0.717, 1.165) is 18.4 Å². The Hall–Kier alpha value is -2.13. The summed E-state index contributed by atoms with van der Waals surface area (Å²) in [5, 5.41) is 19.3. The van der Waals surface area contributed by atoms with Crippen molar-refractivity contribution in [1.82, 2.24) is 0 Å². The Kier molecular flexibility index (Phi) is 3.99. The normalized spacial score (nSPS) is 20.9. The number of rotatable bonds is 5. The Morgan fingerprint density at radius 2 is 2.22 bits per heavy atom. The van der Waals surface area contributed by atoms with E-state index in [-0.39, 0.29) is 30.2 Å². The van der Waals surface area contributed by atoms with Crippen LogP contribution in [0.15, 0.2) is 18.2 Å². The molecular formula is C17H18BNO4. The first-order chi connectivity index (χ1) is 10.9. The highest BCUT2D eigenvalue weighted by atomic mass is 16.5. The minimum atomic E-state index is -1.11. The lowest BCUT2D eigenvalue weighted by Crippen LogP contribution is -2.36. The van der Waals surface area contributed by atoms with Crippen LogP contribution in [-0.4, -0.2) is 23.7 Å². The molecule has 0 radical (unpaired) electrons. The van der Waals surface area contributed by atoms with Gasteiger partial charge in [-0.25, -0.2) is 0 Å². The molecule has 6 heteroatoms. The molecule has 118 valence electrons. The van der Waals surface area contributed by atoms with Crippen molar-refractivity contribution in [2.45, 2.75) is 44.8 Å². The highest BCUT2D eigenvalue weighted by Gasteiger charge is 2.46. The highest BCUT2D eigenvalue weighted by Crippen LogP contribution is 2.49. The summed E-state index contributed by atoms with van der Waals surface area (Å²) >= 11 is 0. The van der Waals surface area contributed by atoms with Gasteiger partial charge in [-0.05, 0) is 37.8 Å². The number of benzene rings is 1. The van der Waals surface area contributed by atoms with E-state index in [9.17, 15) is 14.6 Å². The Bertz CT molecular complexity index is 705.